The molecule has 4 atom stereocenters. The zero-order valence-electron chi connectivity index (χ0n) is 18.7. The fourth-order valence-electron chi connectivity index (χ4n) is 5.00. The number of ketones is 1. The lowest BCUT2D eigenvalue weighted by Gasteiger charge is -2.40. The SMILES string of the molecule is CCC(C)C(C(=O)O)C(C)(C)C(=O)CC1CCC1c1ccc(C(C)C)c(C)c1. The molecule has 0 heterocycles. The van der Waals surface area contributed by atoms with E-state index in [2.05, 4.69) is 39.0 Å². The Morgan fingerprint density at radius 3 is 2.25 bits per heavy atom. The van der Waals surface area contributed by atoms with Crippen molar-refractivity contribution in [2.75, 3.05) is 0 Å². The molecule has 1 N–H and O–H groups in total. The highest BCUT2D eigenvalue weighted by Gasteiger charge is 2.45. The Morgan fingerprint density at radius 1 is 1.18 bits per heavy atom. The topological polar surface area (TPSA) is 54.4 Å². The van der Waals surface area contributed by atoms with E-state index in [0.29, 0.717) is 24.2 Å². The number of aryl methyl sites for hydroxylation is 1. The normalized spacial score (nSPS) is 21.9. The van der Waals surface area contributed by atoms with Gasteiger partial charge in [0.25, 0.3) is 0 Å². The van der Waals surface area contributed by atoms with Crippen molar-refractivity contribution < 1.29 is 14.7 Å². The van der Waals surface area contributed by atoms with Gasteiger partial charge in [-0.2, -0.15) is 0 Å². The number of benzene rings is 1. The third kappa shape index (κ3) is 4.50. The van der Waals surface area contributed by atoms with Crippen LogP contribution in [-0.2, 0) is 9.59 Å². The van der Waals surface area contributed by atoms with Gasteiger partial charge in [-0.05, 0) is 60.1 Å². The molecule has 0 radical (unpaired) electrons. The summed E-state index contributed by atoms with van der Waals surface area (Å²) in [7, 11) is 0. The van der Waals surface area contributed by atoms with Crippen LogP contribution in [0.4, 0.5) is 0 Å². The van der Waals surface area contributed by atoms with E-state index in [1.165, 1.54) is 16.7 Å². The molecule has 0 aromatic heterocycles. The minimum Gasteiger partial charge on any atom is -0.481 e. The van der Waals surface area contributed by atoms with Crippen LogP contribution >= 0.6 is 0 Å². The molecule has 0 spiro atoms. The van der Waals surface area contributed by atoms with Crippen molar-refractivity contribution in [1.29, 1.82) is 0 Å². The van der Waals surface area contributed by atoms with E-state index in [9.17, 15) is 14.7 Å². The van der Waals surface area contributed by atoms with Crippen LogP contribution in [0.25, 0.3) is 0 Å². The fourth-order valence-corrected chi connectivity index (χ4v) is 5.00. The molecule has 3 heteroatoms. The molecular weight excluding hydrogens is 348 g/mol. The van der Waals surface area contributed by atoms with Crippen molar-refractivity contribution in [2.24, 2.45) is 23.2 Å². The average molecular weight is 387 g/mol. The van der Waals surface area contributed by atoms with Crippen LogP contribution in [0.1, 0.15) is 95.8 Å². The lowest BCUT2D eigenvalue weighted by Crippen LogP contribution is -2.43. The number of carbonyl (C=O) groups excluding carboxylic acids is 1. The molecule has 3 nitrogen and oxygen atoms in total. The van der Waals surface area contributed by atoms with E-state index in [-0.39, 0.29) is 11.7 Å². The predicted octanol–water partition coefficient (Wildman–Crippen LogP) is 6.34. The van der Waals surface area contributed by atoms with Gasteiger partial charge >= 0.3 is 5.97 Å². The number of carboxylic acids is 1. The Hall–Kier alpha value is -1.64. The maximum absolute atomic E-state index is 13.2. The van der Waals surface area contributed by atoms with E-state index in [1.54, 1.807) is 0 Å². The molecule has 0 saturated heterocycles. The first-order chi connectivity index (χ1) is 13.0. The molecular formula is C25H38O3. The minimum atomic E-state index is -0.849. The summed E-state index contributed by atoms with van der Waals surface area (Å²) >= 11 is 0. The van der Waals surface area contributed by atoms with Crippen molar-refractivity contribution in [1.82, 2.24) is 0 Å². The first-order valence-electron chi connectivity index (χ1n) is 10.9. The van der Waals surface area contributed by atoms with E-state index < -0.39 is 17.3 Å². The lowest BCUT2D eigenvalue weighted by molar-refractivity contribution is -0.154. The third-order valence-electron chi connectivity index (χ3n) is 7.18. The molecule has 1 aliphatic carbocycles. The summed E-state index contributed by atoms with van der Waals surface area (Å²) in [6.07, 6.45) is 3.43. The highest BCUT2D eigenvalue weighted by atomic mass is 16.4. The summed E-state index contributed by atoms with van der Waals surface area (Å²) in [5.74, 6) is -0.116. The Labute approximate surface area is 170 Å². The summed E-state index contributed by atoms with van der Waals surface area (Å²) in [6.45, 7) is 14.2. The number of Topliss-reactive ketones (excluding diaryl/α,β-unsaturated/α-hetero) is 1. The molecule has 1 saturated carbocycles. The zero-order chi connectivity index (χ0) is 21.2. The smallest absolute Gasteiger partial charge is 0.307 e. The maximum Gasteiger partial charge on any atom is 0.307 e. The van der Waals surface area contributed by atoms with Crippen molar-refractivity contribution in [3.63, 3.8) is 0 Å². The van der Waals surface area contributed by atoms with Crippen LogP contribution in [-0.4, -0.2) is 16.9 Å². The van der Waals surface area contributed by atoms with Gasteiger partial charge in [0.2, 0.25) is 0 Å². The van der Waals surface area contributed by atoms with Gasteiger partial charge in [0.1, 0.15) is 5.78 Å². The average Bonchev–Trinajstić information content (AvgIpc) is 2.57. The Bertz CT molecular complexity index is 717. The standard InChI is InChI=1S/C25H38O3/c1-8-16(4)23(24(27)28)25(6,7)22(26)14-19-10-12-21(19)18-9-11-20(15(2)3)17(5)13-18/h9,11,13,15-16,19,21,23H,8,10,12,14H2,1-7H3,(H,27,28). The van der Waals surface area contributed by atoms with E-state index in [0.717, 1.165) is 19.3 Å². The van der Waals surface area contributed by atoms with Gasteiger partial charge in [-0.1, -0.05) is 66.2 Å². The van der Waals surface area contributed by atoms with Crippen molar-refractivity contribution in [3.05, 3.63) is 34.9 Å². The number of carboxylic acid groups (broad SMARTS) is 1. The molecule has 0 amide bonds. The van der Waals surface area contributed by atoms with Crippen molar-refractivity contribution >= 4 is 11.8 Å². The van der Waals surface area contributed by atoms with Gasteiger partial charge in [0, 0.05) is 11.8 Å². The Kier molecular flexibility index (Phi) is 7.12. The monoisotopic (exact) mass is 386 g/mol. The van der Waals surface area contributed by atoms with Gasteiger partial charge < -0.3 is 5.11 Å². The Morgan fingerprint density at radius 2 is 1.82 bits per heavy atom. The van der Waals surface area contributed by atoms with Crippen LogP contribution in [0.5, 0.6) is 0 Å². The van der Waals surface area contributed by atoms with Crippen LogP contribution in [0.15, 0.2) is 18.2 Å². The number of aliphatic carboxylic acids is 1. The number of carbonyl (C=O) groups is 2. The van der Waals surface area contributed by atoms with Crippen molar-refractivity contribution in [3.8, 4) is 0 Å². The quantitative estimate of drug-likeness (QED) is 0.538. The second-order valence-corrected chi connectivity index (χ2v) is 9.77. The molecule has 1 aromatic carbocycles. The second-order valence-electron chi connectivity index (χ2n) is 9.77. The summed E-state index contributed by atoms with van der Waals surface area (Å²) in [4.78, 5) is 25.0. The largest absolute Gasteiger partial charge is 0.481 e. The van der Waals surface area contributed by atoms with E-state index in [1.807, 2.05) is 27.7 Å². The van der Waals surface area contributed by atoms with Gasteiger partial charge in [0.05, 0.1) is 5.92 Å². The van der Waals surface area contributed by atoms with Gasteiger partial charge in [0.15, 0.2) is 0 Å². The zero-order valence-corrected chi connectivity index (χ0v) is 18.7. The van der Waals surface area contributed by atoms with E-state index in [4.69, 9.17) is 0 Å². The second kappa shape index (κ2) is 8.80. The van der Waals surface area contributed by atoms with E-state index >= 15 is 0 Å². The van der Waals surface area contributed by atoms with Crippen LogP contribution in [0.3, 0.4) is 0 Å². The number of rotatable bonds is 9. The molecule has 1 aliphatic rings. The van der Waals surface area contributed by atoms with Gasteiger partial charge in [-0.15, -0.1) is 0 Å². The fraction of sp³-hybridized carbons (Fsp3) is 0.680. The molecule has 156 valence electrons. The summed E-state index contributed by atoms with van der Waals surface area (Å²) in [5, 5.41) is 9.74. The number of hydrogen-bond acceptors (Lipinski definition) is 2. The highest BCUT2D eigenvalue weighted by molar-refractivity contribution is 5.89. The highest BCUT2D eigenvalue weighted by Crippen LogP contribution is 2.47. The van der Waals surface area contributed by atoms with Gasteiger partial charge in [-0.25, -0.2) is 0 Å². The third-order valence-corrected chi connectivity index (χ3v) is 7.18. The van der Waals surface area contributed by atoms with Crippen molar-refractivity contribution in [2.45, 2.75) is 86.0 Å². The van der Waals surface area contributed by atoms with Crippen LogP contribution in [0, 0.1) is 30.1 Å². The molecule has 1 fully saturated rings. The molecule has 1 aromatic rings. The molecule has 0 bridgehead atoms. The molecule has 4 unspecified atom stereocenters. The predicted molar refractivity (Wildman–Crippen MR) is 115 cm³/mol. The Balaban J connectivity index is 2.14. The molecule has 2 rings (SSSR count). The maximum atomic E-state index is 13.2. The summed E-state index contributed by atoms with van der Waals surface area (Å²) in [6, 6.07) is 6.76. The number of hydrogen-bond donors (Lipinski definition) is 1. The first kappa shape index (κ1) is 22.6. The van der Waals surface area contributed by atoms with Crippen LogP contribution < -0.4 is 0 Å². The van der Waals surface area contributed by atoms with Gasteiger partial charge in [-0.3, -0.25) is 9.59 Å². The summed E-state index contributed by atoms with van der Waals surface area (Å²) < 4.78 is 0. The van der Waals surface area contributed by atoms with Crippen LogP contribution in [0.2, 0.25) is 0 Å². The minimum absolute atomic E-state index is 0.0140. The first-order valence-corrected chi connectivity index (χ1v) is 10.9. The molecule has 0 aliphatic heterocycles. The summed E-state index contributed by atoms with van der Waals surface area (Å²) in [5.41, 5.74) is 3.21. The lowest BCUT2D eigenvalue weighted by atomic mass is 9.62. The molecule has 28 heavy (non-hydrogen) atoms.